The van der Waals surface area contributed by atoms with Gasteiger partial charge in [0, 0.05) is 5.56 Å². The van der Waals surface area contributed by atoms with Crippen molar-refractivity contribution in [2.75, 3.05) is 0 Å². The number of primary sulfonamides is 1. The van der Waals surface area contributed by atoms with E-state index in [1.807, 2.05) is 0 Å². The molecule has 0 radical (unpaired) electrons. The van der Waals surface area contributed by atoms with Crippen molar-refractivity contribution in [2.24, 2.45) is 5.14 Å². The molecule has 0 fully saturated rings. The Labute approximate surface area is 158 Å². The Hall–Kier alpha value is -1.97. The SMILES string of the molecule is NS(=O)(=O)c1ccc(-c2c(-c3ccc(Cl)c(Cl)c3)noc2CO)cc1F. The summed E-state index contributed by atoms with van der Waals surface area (Å²) in [5.74, 6) is -0.955. The first kappa shape index (κ1) is 18.8. The van der Waals surface area contributed by atoms with Crippen LogP contribution in [0.4, 0.5) is 4.39 Å². The maximum absolute atomic E-state index is 14.2. The second kappa shape index (κ2) is 6.98. The second-order valence-corrected chi connectivity index (χ2v) is 7.65. The quantitative estimate of drug-likeness (QED) is 0.675. The van der Waals surface area contributed by atoms with E-state index in [2.05, 4.69) is 5.16 Å². The number of hydrogen-bond donors (Lipinski definition) is 2. The van der Waals surface area contributed by atoms with Crippen LogP contribution in [-0.2, 0) is 16.6 Å². The summed E-state index contributed by atoms with van der Waals surface area (Å²) >= 11 is 11.9. The van der Waals surface area contributed by atoms with Gasteiger partial charge in [0.15, 0.2) is 5.76 Å². The van der Waals surface area contributed by atoms with Gasteiger partial charge in [-0.3, -0.25) is 0 Å². The summed E-state index contributed by atoms with van der Waals surface area (Å²) in [5, 5.41) is 19.0. The smallest absolute Gasteiger partial charge is 0.240 e. The molecule has 0 aliphatic carbocycles. The number of halogens is 3. The molecule has 1 aromatic heterocycles. The fraction of sp³-hybridized carbons (Fsp3) is 0.0625. The zero-order valence-corrected chi connectivity index (χ0v) is 15.2. The summed E-state index contributed by atoms with van der Waals surface area (Å²) < 4.78 is 42.1. The summed E-state index contributed by atoms with van der Waals surface area (Å²) in [5.41, 5.74) is 1.36. The van der Waals surface area contributed by atoms with Crippen molar-refractivity contribution in [3.63, 3.8) is 0 Å². The summed E-state index contributed by atoms with van der Waals surface area (Å²) in [6, 6.07) is 8.09. The van der Waals surface area contributed by atoms with Crippen LogP contribution < -0.4 is 5.14 Å². The van der Waals surface area contributed by atoms with Gasteiger partial charge >= 0.3 is 0 Å². The lowest BCUT2D eigenvalue weighted by molar-refractivity contribution is 0.230. The number of nitrogens with zero attached hydrogens (tertiary/aromatic N) is 1. The molecular formula is C16H11Cl2FN2O4S. The van der Waals surface area contributed by atoms with Gasteiger partial charge in [-0.1, -0.05) is 40.5 Å². The number of nitrogens with two attached hydrogens (primary N) is 1. The van der Waals surface area contributed by atoms with Crippen molar-refractivity contribution in [3.05, 3.63) is 58.0 Å². The van der Waals surface area contributed by atoms with Gasteiger partial charge in [-0.2, -0.15) is 0 Å². The Balaban J connectivity index is 2.20. The van der Waals surface area contributed by atoms with Crippen LogP contribution in [0.1, 0.15) is 5.76 Å². The predicted molar refractivity (Wildman–Crippen MR) is 94.6 cm³/mol. The van der Waals surface area contributed by atoms with E-state index in [0.717, 1.165) is 12.1 Å². The van der Waals surface area contributed by atoms with E-state index in [4.69, 9.17) is 32.9 Å². The molecular weight excluding hydrogens is 406 g/mol. The minimum Gasteiger partial charge on any atom is -0.388 e. The van der Waals surface area contributed by atoms with Crippen molar-refractivity contribution in [2.45, 2.75) is 11.5 Å². The van der Waals surface area contributed by atoms with E-state index in [1.165, 1.54) is 6.07 Å². The van der Waals surface area contributed by atoms with Gasteiger partial charge < -0.3 is 9.63 Å². The maximum Gasteiger partial charge on any atom is 0.240 e. The highest BCUT2D eigenvalue weighted by Crippen LogP contribution is 2.37. The number of sulfonamides is 1. The largest absolute Gasteiger partial charge is 0.388 e. The average molecular weight is 417 g/mol. The van der Waals surface area contributed by atoms with Crippen LogP contribution in [0.3, 0.4) is 0 Å². The minimum absolute atomic E-state index is 0.0776. The van der Waals surface area contributed by atoms with Gasteiger partial charge in [-0.05, 0) is 29.8 Å². The van der Waals surface area contributed by atoms with Crippen molar-refractivity contribution < 1.29 is 22.4 Å². The molecule has 0 spiro atoms. The highest BCUT2D eigenvalue weighted by molar-refractivity contribution is 7.89. The summed E-state index contributed by atoms with van der Waals surface area (Å²) in [4.78, 5) is -0.640. The van der Waals surface area contributed by atoms with Gasteiger partial charge in [0.25, 0.3) is 0 Å². The van der Waals surface area contributed by atoms with Crippen molar-refractivity contribution in [3.8, 4) is 22.4 Å². The molecule has 0 atom stereocenters. The Morgan fingerprint density at radius 1 is 1.12 bits per heavy atom. The third-order valence-corrected chi connectivity index (χ3v) is 5.31. The van der Waals surface area contributed by atoms with Gasteiger partial charge in [-0.25, -0.2) is 17.9 Å². The second-order valence-electron chi connectivity index (χ2n) is 5.31. The number of aliphatic hydroxyl groups is 1. The van der Waals surface area contributed by atoms with Gasteiger partial charge in [0.2, 0.25) is 10.0 Å². The van der Waals surface area contributed by atoms with Crippen LogP contribution in [-0.4, -0.2) is 18.7 Å². The molecule has 0 aliphatic heterocycles. The zero-order chi connectivity index (χ0) is 19.1. The lowest BCUT2D eigenvalue weighted by Crippen LogP contribution is -2.14. The molecule has 0 amide bonds. The Morgan fingerprint density at radius 2 is 1.81 bits per heavy atom. The Morgan fingerprint density at radius 3 is 2.38 bits per heavy atom. The standard InChI is InChI=1S/C16H11Cl2FN2O4S/c17-10-3-1-9(5-11(10)18)16-15(13(7-22)25-21-16)8-2-4-14(12(19)6-8)26(20,23)24/h1-6,22H,7H2,(H2,20,23,24). The molecule has 0 saturated carbocycles. The van der Waals surface area contributed by atoms with E-state index in [1.54, 1.807) is 18.2 Å². The summed E-state index contributed by atoms with van der Waals surface area (Å²) in [7, 11) is -4.20. The fourth-order valence-electron chi connectivity index (χ4n) is 2.46. The van der Waals surface area contributed by atoms with E-state index < -0.39 is 27.3 Å². The normalized spacial score (nSPS) is 11.7. The summed E-state index contributed by atoms with van der Waals surface area (Å²) in [6.07, 6.45) is 0. The molecule has 1 heterocycles. The van der Waals surface area contributed by atoms with Gasteiger partial charge in [0.05, 0.1) is 15.6 Å². The lowest BCUT2D eigenvalue weighted by atomic mass is 9.99. The molecule has 26 heavy (non-hydrogen) atoms. The first-order valence-electron chi connectivity index (χ1n) is 7.10. The van der Waals surface area contributed by atoms with Crippen LogP contribution in [0, 0.1) is 5.82 Å². The van der Waals surface area contributed by atoms with Crippen LogP contribution in [0.5, 0.6) is 0 Å². The molecule has 0 bridgehead atoms. The molecule has 3 aromatic rings. The molecule has 6 nitrogen and oxygen atoms in total. The monoisotopic (exact) mass is 416 g/mol. The van der Waals surface area contributed by atoms with E-state index in [0.29, 0.717) is 16.1 Å². The third-order valence-electron chi connectivity index (χ3n) is 3.63. The van der Waals surface area contributed by atoms with Gasteiger partial charge in [0.1, 0.15) is 23.0 Å². The number of aliphatic hydroxyl groups excluding tert-OH is 1. The van der Waals surface area contributed by atoms with E-state index in [9.17, 15) is 17.9 Å². The number of aromatic nitrogens is 1. The fourth-order valence-corrected chi connectivity index (χ4v) is 3.34. The predicted octanol–water partition coefficient (Wildman–Crippen LogP) is 3.59. The number of rotatable bonds is 4. The lowest BCUT2D eigenvalue weighted by Gasteiger charge is -2.07. The van der Waals surface area contributed by atoms with E-state index >= 15 is 0 Å². The molecule has 3 rings (SSSR count). The summed E-state index contributed by atoms with van der Waals surface area (Å²) in [6.45, 7) is -0.498. The molecule has 3 N–H and O–H groups in total. The Kier molecular flexibility index (Phi) is 5.05. The van der Waals surface area contributed by atoms with Crippen molar-refractivity contribution in [1.82, 2.24) is 5.16 Å². The molecule has 136 valence electrons. The Bertz CT molecular complexity index is 1100. The molecule has 0 saturated heterocycles. The molecule has 0 aliphatic rings. The first-order valence-corrected chi connectivity index (χ1v) is 9.40. The van der Waals surface area contributed by atoms with Crippen molar-refractivity contribution in [1.29, 1.82) is 0 Å². The topological polar surface area (TPSA) is 106 Å². The maximum atomic E-state index is 14.2. The van der Waals surface area contributed by atoms with Crippen LogP contribution in [0.2, 0.25) is 10.0 Å². The average Bonchev–Trinajstić information content (AvgIpc) is 3.00. The van der Waals surface area contributed by atoms with E-state index in [-0.39, 0.29) is 22.0 Å². The molecule has 10 heteroatoms. The minimum atomic E-state index is -4.20. The molecule has 0 unspecified atom stereocenters. The highest BCUT2D eigenvalue weighted by Gasteiger charge is 2.22. The first-order chi connectivity index (χ1) is 12.2. The number of benzene rings is 2. The van der Waals surface area contributed by atoms with Crippen LogP contribution >= 0.6 is 23.2 Å². The number of hydrogen-bond acceptors (Lipinski definition) is 5. The zero-order valence-electron chi connectivity index (χ0n) is 12.9. The highest BCUT2D eigenvalue weighted by atomic mass is 35.5. The van der Waals surface area contributed by atoms with Crippen molar-refractivity contribution >= 4 is 33.2 Å². The van der Waals surface area contributed by atoms with Crippen LogP contribution in [0.25, 0.3) is 22.4 Å². The third kappa shape index (κ3) is 3.46. The van der Waals surface area contributed by atoms with Gasteiger partial charge in [-0.15, -0.1) is 0 Å². The molecule has 2 aromatic carbocycles. The van der Waals surface area contributed by atoms with Crippen LogP contribution in [0.15, 0.2) is 45.8 Å².